The zero-order valence-electron chi connectivity index (χ0n) is 13.7. The van der Waals surface area contributed by atoms with Crippen LogP contribution < -0.4 is 10.7 Å². The third-order valence-electron chi connectivity index (χ3n) is 5.30. The molecule has 0 aromatic carbocycles. The minimum atomic E-state index is -0.00470. The molecule has 2 N–H and O–H groups in total. The normalized spacial score (nSPS) is 28.3. The Bertz CT molecular complexity index is 693. The summed E-state index contributed by atoms with van der Waals surface area (Å²) < 4.78 is 5.56. The fourth-order valence-electron chi connectivity index (χ4n) is 4.05. The Hall–Kier alpha value is -2.05. The van der Waals surface area contributed by atoms with E-state index in [0.29, 0.717) is 0 Å². The third kappa shape index (κ3) is 2.56. The fraction of sp³-hybridized carbons (Fsp3) is 0.500. The monoisotopic (exact) mass is 325 g/mol. The maximum Gasteiger partial charge on any atom is 0.189 e. The van der Waals surface area contributed by atoms with E-state index in [1.165, 1.54) is 35.5 Å². The second-order valence-electron chi connectivity index (χ2n) is 6.96. The van der Waals surface area contributed by atoms with Crippen LogP contribution in [-0.2, 0) is 24.1 Å². The van der Waals surface area contributed by atoms with Crippen LogP contribution in [0.5, 0.6) is 0 Å². The standard InChI is InChI=1S/C18H23N5O/c1-2-13-4-5-14(20-16(13)3-1)11-22-7-8-23-15(12-22)10-17(21-23)18-19-6-9-24-18/h4-6,9-10,17-19,21H,1-3,7-8,11-12H2. The number of aryl methyl sites for hydroxylation is 2. The molecule has 0 bridgehead atoms. The number of nitrogens with one attached hydrogen (secondary N) is 2. The molecule has 5 rings (SSSR count). The van der Waals surface area contributed by atoms with Gasteiger partial charge < -0.3 is 15.1 Å². The van der Waals surface area contributed by atoms with E-state index in [0.717, 1.165) is 32.6 Å². The minimum absolute atomic E-state index is 0.00470. The fourth-order valence-corrected chi connectivity index (χ4v) is 4.05. The number of hydrogen-bond acceptors (Lipinski definition) is 6. The van der Waals surface area contributed by atoms with Crippen LogP contribution >= 0.6 is 0 Å². The number of nitrogens with zero attached hydrogens (tertiary/aromatic N) is 3. The maximum absolute atomic E-state index is 5.56. The van der Waals surface area contributed by atoms with Gasteiger partial charge in [0.2, 0.25) is 0 Å². The molecule has 2 atom stereocenters. The molecular formula is C18H23N5O. The van der Waals surface area contributed by atoms with Crippen LogP contribution in [0.4, 0.5) is 0 Å². The van der Waals surface area contributed by atoms with Crippen LogP contribution in [-0.4, -0.2) is 46.8 Å². The van der Waals surface area contributed by atoms with Crippen molar-refractivity contribution >= 4 is 0 Å². The highest BCUT2D eigenvalue weighted by molar-refractivity contribution is 5.27. The lowest BCUT2D eigenvalue weighted by atomic mass is 10.2. The summed E-state index contributed by atoms with van der Waals surface area (Å²) in [6.07, 6.45) is 9.46. The van der Waals surface area contributed by atoms with Crippen molar-refractivity contribution in [3.63, 3.8) is 0 Å². The maximum atomic E-state index is 5.56. The highest BCUT2D eigenvalue weighted by atomic mass is 16.5. The summed E-state index contributed by atoms with van der Waals surface area (Å²) in [6.45, 7) is 3.94. The largest absolute Gasteiger partial charge is 0.475 e. The quantitative estimate of drug-likeness (QED) is 0.860. The number of hydrogen-bond donors (Lipinski definition) is 2. The number of aromatic nitrogens is 1. The van der Waals surface area contributed by atoms with Crippen molar-refractivity contribution in [1.29, 1.82) is 0 Å². The average Bonchev–Trinajstić information content (AvgIpc) is 3.33. The van der Waals surface area contributed by atoms with Gasteiger partial charge in [-0.15, -0.1) is 0 Å². The van der Waals surface area contributed by atoms with E-state index in [1.54, 1.807) is 6.26 Å². The smallest absolute Gasteiger partial charge is 0.189 e. The molecule has 1 aromatic heterocycles. The molecule has 0 amide bonds. The first-order valence-corrected chi connectivity index (χ1v) is 8.86. The van der Waals surface area contributed by atoms with Crippen molar-refractivity contribution in [2.75, 3.05) is 19.6 Å². The lowest BCUT2D eigenvalue weighted by Gasteiger charge is -2.35. The number of piperazine rings is 1. The van der Waals surface area contributed by atoms with Gasteiger partial charge >= 0.3 is 0 Å². The molecule has 0 saturated carbocycles. The van der Waals surface area contributed by atoms with Gasteiger partial charge in [-0.2, -0.15) is 0 Å². The molecule has 3 aliphatic heterocycles. The van der Waals surface area contributed by atoms with Crippen LogP contribution in [0, 0.1) is 0 Å². The first-order valence-electron chi connectivity index (χ1n) is 8.86. The summed E-state index contributed by atoms with van der Waals surface area (Å²) in [5.41, 5.74) is 8.84. The molecule has 1 saturated heterocycles. The van der Waals surface area contributed by atoms with Gasteiger partial charge in [0.05, 0.1) is 5.69 Å². The summed E-state index contributed by atoms with van der Waals surface area (Å²) in [7, 11) is 0. The van der Waals surface area contributed by atoms with E-state index in [4.69, 9.17) is 9.72 Å². The summed E-state index contributed by atoms with van der Waals surface area (Å²) in [4.78, 5) is 7.37. The molecule has 126 valence electrons. The second kappa shape index (κ2) is 5.79. The number of ether oxygens (including phenoxy) is 1. The summed E-state index contributed by atoms with van der Waals surface area (Å²) in [6, 6.07) is 4.68. The summed E-state index contributed by atoms with van der Waals surface area (Å²) in [5, 5.41) is 5.49. The number of fused-ring (bicyclic) bond motifs is 2. The molecular weight excluding hydrogens is 302 g/mol. The molecule has 0 spiro atoms. The molecule has 4 aliphatic rings. The first kappa shape index (κ1) is 14.3. The molecule has 6 heteroatoms. The van der Waals surface area contributed by atoms with Gasteiger partial charge in [-0.25, -0.2) is 5.43 Å². The molecule has 1 fully saturated rings. The van der Waals surface area contributed by atoms with Gasteiger partial charge in [-0.05, 0) is 37.0 Å². The van der Waals surface area contributed by atoms with E-state index in [1.807, 2.05) is 6.20 Å². The van der Waals surface area contributed by atoms with Crippen LogP contribution in [0.2, 0.25) is 0 Å². The molecule has 4 heterocycles. The molecule has 0 radical (unpaired) electrons. The van der Waals surface area contributed by atoms with E-state index in [-0.39, 0.29) is 12.3 Å². The predicted molar refractivity (Wildman–Crippen MR) is 90.4 cm³/mol. The Kier molecular flexibility index (Phi) is 3.45. The minimum Gasteiger partial charge on any atom is -0.475 e. The Labute approximate surface area is 142 Å². The molecule has 2 unspecified atom stereocenters. The summed E-state index contributed by atoms with van der Waals surface area (Å²) in [5.74, 6) is 0. The van der Waals surface area contributed by atoms with Crippen LogP contribution in [0.1, 0.15) is 23.4 Å². The number of rotatable bonds is 3. The Morgan fingerprint density at radius 3 is 3.17 bits per heavy atom. The Balaban J connectivity index is 1.25. The van der Waals surface area contributed by atoms with E-state index in [9.17, 15) is 0 Å². The van der Waals surface area contributed by atoms with Crippen molar-refractivity contribution < 1.29 is 4.74 Å². The third-order valence-corrected chi connectivity index (χ3v) is 5.30. The predicted octanol–water partition coefficient (Wildman–Crippen LogP) is 0.876. The molecule has 1 aliphatic carbocycles. The van der Waals surface area contributed by atoms with Crippen LogP contribution in [0.25, 0.3) is 0 Å². The topological polar surface area (TPSA) is 52.7 Å². The molecule has 1 aromatic rings. The lowest BCUT2D eigenvalue weighted by molar-refractivity contribution is 0.0846. The zero-order chi connectivity index (χ0) is 15.9. The zero-order valence-corrected chi connectivity index (χ0v) is 13.7. The van der Waals surface area contributed by atoms with Crippen molar-refractivity contribution in [1.82, 2.24) is 25.6 Å². The lowest BCUT2D eigenvalue weighted by Crippen LogP contribution is -2.51. The molecule has 6 nitrogen and oxygen atoms in total. The first-order chi connectivity index (χ1) is 11.8. The Morgan fingerprint density at radius 1 is 1.25 bits per heavy atom. The van der Waals surface area contributed by atoms with Gasteiger partial charge in [0.1, 0.15) is 12.3 Å². The van der Waals surface area contributed by atoms with Gasteiger partial charge in [0, 0.05) is 43.8 Å². The SMILES string of the molecule is C1=COC(C2C=C3CN(Cc4ccc5c(n4)CCC5)CCN3N2)N1. The van der Waals surface area contributed by atoms with E-state index >= 15 is 0 Å². The van der Waals surface area contributed by atoms with Crippen molar-refractivity contribution in [3.05, 3.63) is 53.3 Å². The number of pyridine rings is 1. The van der Waals surface area contributed by atoms with Gasteiger partial charge in [0.25, 0.3) is 0 Å². The van der Waals surface area contributed by atoms with Gasteiger partial charge in [-0.3, -0.25) is 9.88 Å². The second-order valence-corrected chi connectivity index (χ2v) is 6.96. The molecule has 24 heavy (non-hydrogen) atoms. The van der Waals surface area contributed by atoms with Crippen LogP contribution in [0.15, 0.2) is 36.4 Å². The van der Waals surface area contributed by atoms with Crippen molar-refractivity contribution in [3.8, 4) is 0 Å². The highest BCUT2D eigenvalue weighted by Crippen LogP contribution is 2.23. The highest BCUT2D eigenvalue weighted by Gasteiger charge is 2.33. The summed E-state index contributed by atoms with van der Waals surface area (Å²) >= 11 is 0. The van der Waals surface area contributed by atoms with Crippen molar-refractivity contribution in [2.45, 2.75) is 38.1 Å². The van der Waals surface area contributed by atoms with Gasteiger partial charge in [0.15, 0.2) is 6.23 Å². The van der Waals surface area contributed by atoms with Crippen molar-refractivity contribution in [2.24, 2.45) is 0 Å². The van der Waals surface area contributed by atoms with E-state index < -0.39 is 0 Å². The average molecular weight is 325 g/mol. The Morgan fingerprint density at radius 2 is 2.25 bits per heavy atom. The van der Waals surface area contributed by atoms with E-state index in [2.05, 4.69) is 38.9 Å². The van der Waals surface area contributed by atoms with Crippen LogP contribution in [0.3, 0.4) is 0 Å². The van der Waals surface area contributed by atoms with Gasteiger partial charge in [-0.1, -0.05) is 6.07 Å². The number of hydrazine groups is 1.